The second-order valence-electron chi connectivity index (χ2n) is 2.85. The van der Waals surface area contributed by atoms with Crippen molar-refractivity contribution in [2.24, 2.45) is 0 Å². The summed E-state index contributed by atoms with van der Waals surface area (Å²) in [5, 5.41) is 0. The number of esters is 1. The average Bonchev–Trinajstić information content (AvgIpc) is 2.22. The largest absolute Gasteiger partial charge is 0.469 e. The molecule has 0 aliphatic rings. The number of hydrogen-bond donors (Lipinski definition) is 0. The SMILES string of the molecule is COC(=O)Cc1nc(F)c(I)cc1C(F)F. The molecule has 0 amide bonds. The molecule has 1 rings (SSSR count). The van der Waals surface area contributed by atoms with Crippen LogP contribution in [0.15, 0.2) is 6.07 Å². The highest BCUT2D eigenvalue weighted by molar-refractivity contribution is 14.1. The molecule has 88 valence electrons. The van der Waals surface area contributed by atoms with E-state index in [0.717, 1.165) is 13.2 Å². The Hall–Kier alpha value is -0.860. The smallest absolute Gasteiger partial charge is 0.311 e. The van der Waals surface area contributed by atoms with Crippen molar-refractivity contribution in [3.05, 3.63) is 26.8 Å². The topological polar surface area (TPSA) is 39.2 Å². The first-order valence-corrected chi connectivity index (χ1v) is 5.23. The fraction of sp³-hybridized carbons (Fsp3) is 0.333. The number of ether oxygens (including phenoxy) is 1. The quantitative estimate of drug-likeness (QED) is 0.480. The first-order valence-electron chi connectivity index (χ1n) is 4.15. The number of methoxy groups -OCH3 is 1. The Morgan fingerprint density at radius 3 is 2.75 bits per heavy atom. The molecule has 0 fully saturated rings. The molecule has 0 aromatic carbocycles. The van der Waals surface area contributed by atoms with Gasteiger partial charge in [0.15, 0.2) is 0 Å². The fourth-order valence-electron chi connectivity index (χ4n) is 1.06. The van der Waals surface area contributed by atoms with Crippen LogP contribution in [0, 0.1) is 9.52 Å². The maximum atomic E-state index is 13.1. The molecule has 3 nitrogen and oxygen atoms in total. The van der Waals surface area contributed by atoms with Gasteiger partial charge in [0.05, 0.1) is 22.8 Å². The Kier molecular flexibility index (Phi) is 4.51. The van der Waals surface area contributed by atoms with Crippen LogP contribution in [-0.4, -0.2) is 18.1 Å². The van der Waals surface area contributed by atoms with Gasteiger partial charge in [0.2, 0.25) is 5.95 Å². The van der Waals surface area contributed by atoms with Crippen molar-refractivity contribution in [3.63, 3.8) is 0 Å². The van der Waals surface area contributed by atoms with Gasteiger partial charge in [-0.05, 0) is 28.7 Å². The van der Waals surface area contributed by atoms with Gasteiger partial charge in [0, 0.05) is 5.56 Å². The van der Waals surface area contributed by atoms with Crippen LogP contribution >= 0.6 is 22.6 Å². The van der Waals surface area contributed by atoms with Crippen LogP contribution in [0.5, 0.6) is 0 Å². The number of carbonyl (C=O) groups is 1. The number of aromatic nitrogens is 1. The molecule has 0 radical (unpaired) electrons. The van der Waals surface area contributed by atoms with Gasteiger partial charge in [0.25, 0.3) is 6.43 Å². The van der Waals surface area contributed by atoms with Crippen LogP contribution in [-0.2, 0) is 16.0 Å². The predicted molar refractivity (Wildman–Crippen MR) is 57.6 cm³/mol. The fourth-order valence-corrected chi connectivity index (χ4v) is 1.51. The summed E-state index contributed by atoms with van der Waals surface area (Å²) in [5.41, 5.74) is -0.740. The van der Waals surface area contributed by atoms with E-state index >= 15 is 0 Å². The Morgan fingerprint density at radius 1 is 1.62 bits per heavy atom. The lowest BCUT2D eigenvalue weighted by atomic mass is 10.1. The van der Waals surface area contributed by atoms with E-state index in [1.165, 1.54) is 0 Å². The van der Waals surface area contributed by atoms with Crippen molar-refractivity contribution < 1.29 is 22.7 Å². The molecule has 0 saturated heterocycles. The molecule has 0 aliphatic heterocycles. The lowest BCUT2D eigenvalue weighted by molar-refractivity contribution is -0.139. The maximum Gasteiger partial charge on any atom is 0.311 e. The highest BCUT2D eigenvalue weighted by atomic mass is 127. The molecule has 7 heteroatoms. The molecule has 0 aliphatic carbocycles. The van der Waals surface area contributed by atoms with Crippen molar-refractivity contribution in [1.29, 1.82) is 0 Å². The highest BCUT2D eigenvalue weighted by Gasteiger charge is 2.19. The zero-order chi connectivity index (χ0) is 12.3. The molecule has 0 spiro atoms. The lowest BCUT2D eigenvalue weighted by Crippen LogP contribution is -2.11. The predicted octanol–water partition coefficient (Wildman–Crippen LogP) is 2.48. The van der Waals surface area contributed by atoms with E-state index in [2.05, 4.69) is 9.72 Å². The maximum absolute atomic E-state index is 13.1. The van der Waals surface area contributed by atoms with Crippen molar-refractivity contribution in [2.75, 3.05) is 7.11 Å². The summed E-state index contributed by atoms with van der Waals surface area (Å²) < 4.78 is 42.5. The van der Waals surface area contributed by atoms with Crippen molar-refractivity contribution in [1.82, 2.24) is 4.98 Å². The van der Waals surface area contributed by atoms with Crippen LogP contribution in [0.1, 0.15) is 17.7 Å². The summed E-state index contributed by atoms with van der Waals surface area (Å²) in [6.45, 7) is 0. The second-order valence-corrected chi connectivity index (χ2v) is 4.01. The van der Waals surface area contributed by atoms with Crippen LogP contribution in [0.2, 0.25) is 0 Å². The van der Waals surface area contributed by atoms with Gasteiger partial charge in [-0.3, -0.25) is 4.79 Å². The number of nitrogens with zero attached hydrogens (tertiary/aromatic N) is 1. The van der Waals surface area contributed by atoms with Gasteiger partial charge < -0.3 is 4.74 Å². The molecule has 0 unspecified atom stereocenters. The van der Waals surface area contributed by atoms with E-state index < -0.39 is 30.3 Å². The third kappa shape index (κ3) is 3.06. The number of alkyl halides is 2. The molecule has 0 bridgehead atoms. The van der Waals surface area contributed by atoms with Gasteiger partial charge in [-0.15, -0.1) is 0 Å². The van der Waals surface area contributed by atoms with E-state index in [9.17, 15) is 18.0 Å². The van der Waals surface area contributed by atoms with Gasteiger partial charge in [0.1, 0.15) is 0 Å². The zero-order valence-corrected chi connectivity index (χ0v) is 10.3. The van der Waals surface area contributed by atoms with Gasteiger partial charge in [-0.2, -0.15) is 4.39 Å². The molecule has 16 heavy (non-hydrogen) atoms. The van der Waals surface area contributed by atoms with Crippen molar-refractivity contribution in [3.8, 4) is 0 Å². The van der Waals surface area contributed by atoms with Gasteiger partial charge >= 0.3 is 5.97 Å². The average molecular weight is 345 g/mol. The molecule has 1 aromatic heterocycles. The summed E-state index contributed by atoms with van der Waals surface area (Å²) in [4.78, 5) is 14.2. The number of halogens is 4. The summed E-state index contributed by atoms with van der Waals surface area (Å²) in [6.07, 6.45) is -3.27. The van der Waals surface area contributed by atoms with E-state index in [1.807, 2.05) is 0 Å². The molecule has 0 saturated carbocycles. The van der Waals surface area contributed by atoms with E-state index in [-0.39, 0.29) is 9.26 Å². The standard InChI is InChI=1S/C9H7F3INO2/c1-16-7(15)3-6-4(8(10)11)2-5(13)9(12)14-6/h2,8H,3H2,1H3. The normalized spacial score (nSPS) is 10.6. The Bertz CT molecular complexity index is 412. The number of rotatable bonds is 3. The second kappa shape index (κ2) is 5.46. The molecular weight excluding hydrogens is 338 g/mol. The van der Waals surface area contributed by atoms with Crippen molar-refractivity contribution >= 4 is 28.6 Å². The Labute approximate surface area is 103 Å². The van der Waals surface area contributed by atoms with Gasteiger partial charge in [-0.1, -0.05) is 0 Å². The Balaban J connectivity index is 3.14. The van der Waals surface area contributed by atoms with Crippen LogP contribution in [0.4, 0.5) is 13.2 Å². The minimum absolute atomic E-state index is 0.0125. The lowest BCUT2D eigenvalue weighted by Gasteiger charge is -2.08. The molecule has 1 aromatic rings. The zero-order valence-electron chi connectivity index (χ0n) is 8.14. The number of carbonyl (C=O) groups excluding carboxylic acids is 1. The third-order valence-electron chi connectivity index (χ3n) is 1.82. The van der Waals surface area contributed by atoms with Crippen molar-refractivity contribution in [2.45, 2.75) is 12.8 Å². The van der Waals surface area contributed by atoms with E-state index in [1.54, 1.807) is 22.6 Å². The number of pyridine rings is 1. The van der Waals surface area contributed by atoms with Gasteiger partial charge in [-0.25, -0.2) is 13.8 Å². The monoisotopic (exact) mass is 345 g/mol. The molecular formula is C9H7F3INO2. The van der Waals surface area contributed by atoms with Crippen LogP contribution < -0.4 is 0 Å². The van der Waals surface area contributed by atoms with E-state index in [4.69, 9.17) is 0 Å². The highest BCUT2D eigenvalue weighted by Crippen LogP contribution is 2.25. The number of hydrogen-bond acceptors (Lipinski definition) is 3. The van der Waals surface area contributed by atoms with E-state index in [0.29, 0.717) is 0 Å². The van der Waals surface area contributed by atoms with Crippen LogP contribution in [0.3, 0.4) is 0 Å². The summed E-state index contributed by atoms with van der Waals surface area (Å²) in [6, 6.07) is 0.978. The Morgan fingerprint density at radius 2 is 2.25 bits per heavy atom. The first-order chi connectivity index (χ1) is 7.45. The molecule has 1 heterocycles. The minimum Gasteiger partial charge on any atom is -0.469 e. The first kappa shape index (κ1) is 13.2. The molecule has 0 N–H and O–H groups in total. The summed E-state index contributed by atoms with van der Waals surface area (Å²) in [5.74, 6) is -1.61. The summed E-state index contributed by atoms with van der Waals surface area (Å²) >= 11 is 1.56. The van der Waals surface area contributed by atoms with Crippen LogP contribution in [0.25, 0.3) is 0 Å². The third-order valence-corrected chi connectivity index (χ3v) is 2.58. The minimum atomic E-state index is -2.80. The molecule has 0 atom stereocenters. The summed E-state index contributed by atoms with van der Waals surface area (Å²) in [7, 11) is 1.12.